The Bertz CT molecular complexity index is 595. The van der Waals surface area contributed by atoms with Gasteiger partial charge in [-0.3, -0.25) is 4.90 Å². The Morgan fingerprint density at radius 3 is 2.17 bits per heavy atom. The van der Waals surface area contributed by atoms with Crippen LogP contribution in [-0.2, 0) is 6.54 Å². The van der Waals surface area contributed by atoms with Crippen molar-refractivity contribution in [3.8, 4) is 11.5 Å². The maximum Gasteiger partial charge on any atom is 0.179 e. The molecule has 0 unspecified atom stereocenters. The average molecular weight is 376 g/mol. The molecule has 2 fully saturated rings. The summed E-state index contributed by atoms with van der Waals surface area (Å²) < 4.78 is 10.6. The minimum Gasteiger partial charge on any atom is -0.493 e. The molecule has 1 aromatic rings. The van der Waals surface area contributed by atoms with E-state index in [1.54, 1.807) is 20.3 Å². The van der Waals surface area contributed by atoms with Crippen molar-refractivity contribution >= 4 is 23.2 Å². The molecule has 4 atom stereocenters. The van der Waals surface area contributed by atoms with Gasteiger partial charge in [0.1, 0.15) is 0 Å². The quantitative estimate of drug-likeness (QED) is 0.846. The van der Waals surface area contributed by atoms with Crippen molar-refractivity contribution < 1.29 is 19.7 Å². The molecule has 2 aliphatic rings. The van der Waals surface area contributed by atoms with E-state index in [4.69, 9.17) is 32.7 Å². The molecule has 0 radical (unpaired) electrons. The molecule has 134 valence electrons. The van der Waals surface area contributed by atoms with E-state index in [0.29, 0.717) is 52.8 Å². The highest BCUT2D eigenvalue weighted by atomic mass is 35.5. The molecule has 1 heterocycles. The van der Waals surface area contributed by atoms with Gasteiger partial charge in [-0.25, -0.2) is 0 Å². The molecule has 0 bridgehead atoms. The lowest BCUT2D eigenvalue weighted by atomic mass is 9.79. The van der Waals surface area contributed by atoms with Crippen molar-refractivity contribution in [1.29, 1.82) is 0 Å². The van der Waals surface area contributed by atoms with Crippen molar-refractivity contribution in [2.24, 2.45) is 11.8 Å². The number of ether oxygens (including phenoxy) is 2. The van der Waals surface area contributed by atoms with Gasteiger partial charge in [-0.2, -0.15) is 0 Å². The van der Waals surface area contributed by atoms with Crippen LogP contribution in [0, 0.1) is 11.8 Å². The lowest BCUT2D eigenvalue weighted by molar-refractivity contribution is -0.0372. The number of likely N-dealkylation sites (tertiary alicyclic amines) is 1. The van der Waals surface area contributed by atoms with E-state index in [1.165, 1.54) is 0 Å². The number of hydrogen-bond acceptors (Lipinski definition) is 5. The third kappa shape index (κ3) is 3.33. The van der Waals surface area contributed by atoms with Gasteiger partial charge in [-0.1, -0.05) is 23.2 Å². The third-order valence-electron chi connectivity index (χ3n) is 5.22. The Morgan fingerprint density at radius 2 is 1.67 bits per heavy atom. The van der Waals surface area contributed by atoms with Gasteiger partial charge < -0.3 is 19.7 Å². The molecule has 1 aliphatic heterocycles. The molecule has 1 saturated carbocycles. The number of methoxy groups -OCH3 is 2. The van der Waals surface area contributed by atoms with Crippen molar-refractivity contribution in [2.45, 2.75) is 31.6 Å². The van der Waals surface area contributed by atoms with Gasteiger partial charge in [-0.05, 0) is 24.7 Å². The number of benzene rings is 1. The van der Waals surface area contributed by atoms with Gasteiger partial charge in [-0.15, -0.1) is 0 Å². The molecule has 2 N–H and O–H groups in total. The van der Waals surface area contributed by atoms with Crippen LogP contribution in [0.5, 0.6) is 11.5 Å². The molecule has 0 amide bonds. The van der Waals surface area contributed by atoms with Crippen LogP contribution in [0.4, 0.5) is 0 Å². The predicted octanol–water partition coefficient (Wildman–Crippen LogP) is 2.57. The van der Waals surface area contributed by atoms with Crippen LogP contribution < -0.4 is 9.47 Å². The van der Waals surface area contributed by atoms with E-state index >= 15 is 0 Å². The lowest BCUT2D eigenvalue weighted by Crippen LogP contribution is -2.38. The highest BCUT2D eigenvalue weighted by molar-refractivity contribution is 6.37. The van der Waals surface area contributed by atoms with E-state index in [0.717, 1.165) is 18.7 Å². The van der Waals surface area contributed by atoms with Gasteiger partial charge in [0.2, 0.25) is 0 Å². The summed E-state index contributed by atoms with van der Waals surface area (Å²) in [5.74, 6) is 1.81. The second-order valence-corrected chi connectivity index (χ2v) is 7.49. The number of nitrogens with zero attached hydrogens (tertiary/aromatic N) is 1. The van der Waals surface area contributed by atoms with Crippen molar-refractivity contribution in [3.05, 3.63) is 21.7 Å². The van der Waals surface area contributed by atoms with Crippen molar-refractivity contribution in [2.75, 3.05) is 27.3 Å². The number of aliphatic hydroxyl groups excluding tert-OH is 2. The highest BCUT2D eigenvalue weighted by Crippen LogP contribution is 2.43. The summed E-state index contributed by atoms with van der Waals surface area (Å²) in [4.78, 5) is 2.28. The second-order valence-electron chi connectivity index (χ2n) is 6.71. The largest absolute Gasteiger partial charge is 0.493 e. The normalized spacial score (nSPS) is 30.2. The SMILES string of the molecule is COc1cc(Cl)c(CN2C[C@H]3C[C@H](O)[C@H](O)C[C@H]3C2)c(Cl)c1OC. The molecule has 1 aliphatic carbocycles. The summed E-state index contributed by atoms with van der Waals surface area (Å²) in [6.45, 7) is 2.35. The van der Waals surface area contributed by atoms with E-state index in [-0.39, 0.29) is 0 Å². The number of halogens is 2. The zero-order valence-corrected chi connectivity index (χ0v) is 15.3. The van der Waals surface area contributed by atoms with E-state index < -0.39 is 12.2 Å². The molecule has 5 nitrogen and oxygen atoms in total. The third-order valence-corrected chi connectivity index (χ3v) is 5.96. The van der Waals surface area contributed by atoms with Gasteiger partial charge >= 0.3 is 0 Å². The van der Waals surface area contributed by atoms with Crippen molar-refractivity contribution in [1.82, 2.24) is 4.90 Å². The summed E-state index contributed by atoms with van der Waals surface area (Å²) in [7, 11) is 3.10. The Labute approximate surface area is 152 Å². The van der Waals surface area contributed by atoms with Gasteiger partial charge in [0.05, 0.1) is 36.5 Å². The fraction of sp³-hybridized carbons (Fsp3) is 0.647. The predicted molar refractivity (Wildman–Crippen MR) is 93.1 cm³/mol. The minimum atomic E-state index is -0.612. The fourth-order valence-electron chi connectivity index (χ4n) is 3.96. The first-order valence-electron chi connectivity index (χ1n) is 8.11. The molecule has 24 heavy (non-hydrogen) atoms. The maximum absolute atomic E-state index is 9.87. The molecule has 3 rings (SSSR count). The van der Waals surface area contributed by atoms with Gasteiger partial charge in [0.15, 0.2) is 11.5 Å². The number of hydrogen-bond donors (Lipinski definition) is 2. The first-order valence-corrected chi connectivity index (χ1v) is 8.87. The van der Waals surface area contributed by atoms with E-state index in [9.17, 15) is 10.2 Å². The zero-order valence-electron chi connectivity index (χ0n) is 13.8. The highest BCUT2D eigenvalue weighted by Gasteiger charge is 2.41. The molecule has 1 aromatic carbocycles. The first-order chi connectivity index (χ1) is 11.4. The lowest BCUT2D eigenvalue weighted by Gasteiger charge is -2.32. The van der Waals surface area contributed by atoms with Crippen LogP contribution in [0.2, 0.25) is 10.0 Å². The Morgan fingerprint density at radius 1 is 1.08 bits per heavy atom. The van der Waals surface area contributed by atoms with Crippen molar-refractivity contribution in [3.63, 3.8) is 0 Å². The number of rotatable bonds is 4. The van der Waals surface area contributed by atoms with Crippen LogP contribution in [0.3, 0.4) is 0 Å². The molecule has 7 heteroatoms. The summed E-state index contributed by atoms with van der Waals surface area (Å²) in [5.41, 5.74) is 0.815. The average Bonchev–Trinajstić information content (AvgIpc) is 2.92. The molecule has 0 aromatic heterocycles. The van der Waals surface area contributed by atoms with Crippen LogP contribution >= 0.6 is 23.2 Å². The zero-order chi connectivity index (χ0) is 17.4. The van der Waals surface area contributed by atoms with Gasteiger partial charge in [0, 0.05) is 31.3 Å². The summed E-state index contributed by atoms with van der Waals surface area (Å²) in [6, 6.07) is 1.72. The Hall–Kier alpha value is -0.720. The second kappa shape index (κ2) is 7.26. The first kappa shape index (κ1) is 18.1. The summed E-state index contributed by atoms with van der Waals surface area (Å²) >= 11 is 12.9. The van der Waals surface area contributed by atoms with E-state index in [2.05, 4.69) is 4.90 Å². The summed E-state index contributed by atoms with van der Waals surface area (Å²) in [5, 5.41) is 20.8. The van der Waals surface area contributed by atoms with Crippen LogP contribution in [0.1, 0.15) is 18.4 Å². The fourth-order valence-corrected chi connectivity index (χ4v) is 4.60. The number of aliphatic hydroxyl groups is 2. The Balaban J connectivity index is 1.78. The molecular formula is C17H23Cl2NO4. The monoisotopic (exact) mass is 375 g/mol. The number of fused-ring (bicyclic) bond motifs is 1. The topological polar surface area (TPSA) is 62.2 Å². The van der Waals surface area contributed by atoms with Crippen LogP contribution in [0.15, 0.2) is 6.07 Å². The standard InChI is InChI=1S/C17H23Cl2NO4/c1-23-15-5-12(18)11(16(19)17(15)24-2)8-20-6-9-3-13(21)14(22)4-10(9)7-20/h5,9-10,13-14,21-22H,3-4,6-8H2,1-2H3/t9-,10+,13+,14-. The Kier molecular flexibility index (Phi) is 5.47. The van der Waals surface area contributed by atoms with Gasteiger partial charge in [0.25, 0.3) is 0 Å². The molecule has 0 spiro atoms. The maximum atomic E-state index is 9.87. The molecular weight excluding hydrogens is 353 g/mol. The molecule has 1 saturated heterocycles. The summed E-state index contributed by atoms with van der Waals surface area (Å²) in [6.07, 6.45) is 0.0739. The van der Waals surface area contributed by atoms with Crippen LogP contribution in [-0.4, -0.2) is 54.6 Å². The minimum absolute atomic E-state index is 0.404. The smallest absolute Gasteiger partial charge is 0.179 e. The van der Waals surface area contributed by atoms with E-state index in [1.807, 2.05) is 0 Å². The van der Waals surface area contributed by atoms with Crippen LogP contribution in [0.25, 0.3) is 0 Å².